The van der Waals surface area contributed by atoms with Crippen LogP contribution in [0.1, 0.15) is 51.2 Å². The van der Waals surface area contributed by atoms with Crippen molar-refractivity contribution < 1.29 is 4.42 Å². The minimum atomic E-state index is 0.548. The van der Waals surface area contributed by atoms with E-state index in [-0.39, 0.29) is 0 Å². The molecule has 1 aliphatic carbocycles. The average Bonchev–Trinajstić information content (AvgIpc) is 2.97. The molecule has 1 aliphatic rings. The van der Waals surface area contributed by atoms with E-state index in [9.17, 15) is 0 Å². The summed E-state index contributed by atoms with van der Waals surface area (Å²) in [7, 11) is 0. The first-order chi connectivity index (χ1) is 7.66. The molecule has 1 aromatic rings. The van der Waals surface area contributed by atoms with Gasteiger partial charge in [0.2, 0.25) is 5.89 Å². The van der Waals surface area contributed by atoms with Gasteiger partial charge in [0.15, 0.2) is 0 Å². The summed E-state index contributed by atoms with van der Waals surface area (Å²) in [6.45, 7) is 8.39. The summed E-state index contributed by atoms with van der Waals surface area (Å²) in [6.07, 6.45) is 4.60. The zero-order valence-electron chi connectivity index (χ0n) is 10.5. The average molecular weight is 222 g/mol. The van der Waals surface area contributed by atoms with E-state index in [0.29, 0.717) is 11.8 Å². The van der Waals surface area contributed by atoms with Crippen LogP contribution in [0.5, 0.6) is 0 Å². The SMILES string of the molecule is CC(C)CNCc1ncc(C(C)C2CC2)o1. The monoisotopic (exact) mass is 222 g/mol. The molecule has 0 aliphatic heterocycles. The molecule has 3 heteroatoms. The fourth-order valence-corrected chi connectivity index (χ4v) is 1.91. The predicted octanol–water partition coefficient (Wildman–Crippen LogP) is 2.93. The largest absolute Gasteiger partial charge is 0.444 e. The Balaban J connectivity index is 1.82. The van der Waals surface area contributed by atoms with Crippen LogP contribution in [0.2, 0.25) is 0 Å². The number of oxazole rings is 1. The minimum Gasteiger partial charge on any atom is -0.444 e. The summed E-state index contributed by atoms with van der Waals surface area (Å²) in [5.74, 6) is 3.93. The lowest BCUT2D eigenvalue weighted by Crippen LogP contribution is -2.19. The van der Waals surface area contributed by atoms with Crippen LogP contribution in [-0.4, -0.2) is 11.5 Å². The molecule has 0 spiro atoms. The molecule has 1 heterocycles. The molecule has 16 heavy (non-hydrogen) atoms. The Morgan fingerprint density at radius 3 is 2.81 bits per heavy atom. The van der Waals surface area contributed by atoms with Gasteiger partial charge < -0.3 is 9.73 Å². The van der Waals surface area contributed by atoms with E-state index in [2.05, 4.69) is 31.1 Å². The molecule has 0 aromatic carbocycles. The molecule has 1 fully saturated rings. The molecule has 0 saturated heterocycles. The smallest absolute Gasteiger partial charge is 0.208 e. The van der Waals surface area contributed by atoms with Crippen molar-refractivity contribution in [3.8, 4) is 0 Å². The van der Waals surface area contributed by atoms with Gasteiger partial charge in [-0.2, -0.15) is 0 Å². The highest BCUT2D eigenvalue weighted by Crippen LogP contribution is 2.42. The first-order valence-corrected chi connectivity index (χ1v) is 6.32. The van der Waals surface area contributed by atoms with Crippen LogP contribution in [0.4, 0.5) is 0 Å². The predicted molar refractivity (Wildman–Crippen MR) is 64.2 cm³/mol. The van der Waals surface area contributed by atoms with Gasteiger partial charge in [0.1, 0.15) is 5.76 Å². The zero-order valence-corrected chi connectivity index (χ0v) is 10.5. The van der Waals surface area contributed by atoms with E-state index >= 15 is 0 Å². The van der Waals surface area contributed by atoms with Gasteiger partial charge in [-0.15, -0.1) is 0 Å². The Morgan fingerprint density at radius 1 is 1.44 bits per heavy atom. The maximum atomic E-state index is 5.75. The second kappa shape index (κ2) is 5.00. The lowest BCUT2D eigenvalue weighted by atomic mass is 10.0. The van der Waals surface area contributed by atoms with Gasteiger partial charge in [0, 0.05) is 5.92 Å². The lowest BCUT2D eigenvalue weighted by molar-refractivity contribution is 0.399. The van der Waals surface area contributed by atoms with Crippen LogP contribution in [0.3, 0.4) is 0 Å². The molecular weight excluding hydrogens is 200 g/mol. The molecule has 0 bridgehead atoms. The second-order valence-corrected chi connectivity index (χ2v) is 5.31. The topological polar surface area (TPSA) is 38.1 Å². The molecule has 3 nitrogen and oxygen atoms in total. The van der Waals surface area contributed by atoms with Crippen LogP contribution in [-0.2, 0) is 6.54 Å². The number of hydrogen-bond acceptors (Lipinski definition) is 3. The van der Waals surface area contributed by atoms with E-state index in [1.165, 1.54) is 12.8 Å². The highest BCUT2D eigenvalue weighted by Gasteiger charge is 2.31. The fraction of sp³-hybridized carbons (Fsp3) is 0.769. The van der Waals surface area contributed by atoms with E-state index in [4.69, 9.17) is 4.42 Å². The van der Waals surface area contributed by atoms with Crippen molar-refractivity contribution in [3.05, 3.63) is 17.8 Å². The van der Waals surface area contributed by atoms with Crippen molar-refractivity contribution in [1.29, 1.82) is 0 Å². The first kappa shape index (κ1) is 11.6. The number of nitrogens with one attached hydrogen (secondary N) is 1. The third-order valence-electron chi connectivity index (χ3n) is 3.18. The van der Waals surface area contributed by atoms with Gasteiger partial charge in [0.25, 0.3) is 0 Å². The molecule has 1 aromatic heterocycles. The Kier molecular flexibility index (Phi) is 3.64. The summed E-state index contributed by atoms with van der Waals surface area (Å²) in [4.78, 5) is 4.32. The van der Waals surface area contributed by atoms with Gasteiger partial charge in [0.05, 0.1) is 12.7 Å². The van der Waals surface area contributed by atoms with Crippen molar-refractivity contribution >= 4 is 0 Å². The maximum Gasteiger partial charge on any atom is 0.208 e. The van der Waals surface area contributed by atoms with Crippen LogP contribution < -0.4 is 5.32 Å². The first-order valence-electron chi connectivity index (χ1n) is 6.32. The maximum absolute atomic E-state index is 5.75. The van der Waals surface area contributed by atoms with Gasteiger partial charge in [-0.25, -0.2) is 4.98 Å². The molecule has 2 rings (SSSR count). The number of rotatable bonds is 6. The summed E-state index contributed by atoms with van der Waals surface area (Å²) >= 11 is 0. The van der Waals surface area contributed by atoms with Crippen molar-refractivity contribution in [2.45, 2.75) is 46.1 Å². The second-order valence-electron chi connectivity index (χ2n) is 5.31. The van der Waals surface area contributed by atoms with Gasteiger partial charge >= 0.3 is 0 Å². The molecule has 1 unspecified atom stereocenters. The highest BCUT2D eigenvalue weighted by atomic mass is 16.4. The Morgan fingerprint density at radius 2 is 2.19 bits per heavy atom. The summed E-state index contributed by atoms with van der Waals surface area (Å²) in [5.41, 5.74) is 0. The lowest BCUT2D eigenvalue weighted by Gasteiger charge is -2.05. The van der Waals surface area contributed by atoms with Gasteiger partial charge in [-0.3, -0.25) is 0 Å². The van der Waals surface area contributed by atoms with Crippen molar-refractivity contribution in [1.82, 2.24) is 10.3 Å². The van der Waals surface area contributed by atoms with Crippen LogP contribution >= 0.6 is 0 Å². The Labute approximate surface area is 97.6 Å². The Hall–Kier alpha value is -0.830. The number of nitrogens with zero attached hydrogens (tertiary/aromatic N) is 1. The van der Waals surface area contributed by atoms with E-state index in [1.54, 1.807) is 0 Å². The molecule has 90 valence electrons. The fourth-order valence-electron chi connectivity index (χ4n) is 1.91. The minimum absolute atomic E-state index is 0.548. The standard InChI is InChI=1S/C13H22N2O/c1-9(2)6-14-8-13-15-7-12(16-13)10(3)11-4-5-11/h7,9-11,14H,4-6,8H2,1-3H3. The van der Waals surface area contributed by atoms with Gasteiger partial charge in [-0.1, -0.05) is 20.8 Å². The highest BCUT2D eigenvalue weighted by molar-refractivity contribution is 5.05. The third kappa shape index (κ3) is 3.08. The quantitative estimate of drug-likeness (QED) is 0.804. The Bertz CT molecular complexity index is 328. The van der Waals surface area contributed by atoms with Crippen molar-refractivity contribution in [2.24, 2.45) is 11.8 Å². The normalized spacial score (nSPS) is 18.0. The molecule has 1 saturated carbocycles. The van der Waals surface area contributed by atoms with Crippen LogP contribution in [0, 0.1) is 11.8 Å². The van der Waals surface area contributed by atoms with E-state index < -0.39 is 0 Å². The van der Waals surface area contributed by atoms with Crippen LogP contribution in [0.15, 0.2) is 10.6 Å². The molecule has 1 N–H and O–H groups in total. The molecule has 1 atom stereocenters. The number of aromatic nitrogens is 1. The summed E-state index contributed by atoms with van der Waals surface area (Å²) in [6, 6.07) is 0. The summed E-state index contributed by atoms with van der Waals surface area (Å²) in [5, 5.41) is 3.34. The van der Waals surface area contributed by atoms with Crippen molar-refractivity contribution in [3.63, 3.8) is 0 Å². The molecular formula is C13H22N2O. The zero-order chi connectivity index (χ0) is 11.5. The number of hydrogen-bond donors (Lipinski definition) is 1. The van der Waals surface area contributed by atoms with E-state index in [1.807, 2.05) is 6.20 Å². The molecule has 0 radical (unpaired) electrons. The van der Waals surface area contributed by atoms with E-state index in [0.717, 1.165) is 30.7 Å². The third-order valence-corrected chi connectivity index (χ3v) is 3.18. The van der Waals surface area contributed by atoms with Gasteiger partial charge in [-0.05, 0) is 31.2 Å². The molecule has 0 amide bonds. The van der Waals surface area contributed by atoms with Crippen molar-refractivity contribution in [2.75, 3.05) is 6.54 Å². The summed E-state index contributed by atoms with van der Waals surface area (Å²) < 4.78 is 5.75. The van der Waals surface area contributed by atoms with Crippen LogP contribution in [0.25, 0.3) is 0 Å².